The Balaban J connectivity index is 2.45. The third kappa shape index (κ3) is 0.809. The van der Waals surface area contributed by atoms with Crippen LogP contribution in [0.5, 0.6) is 0 Å². The van der Waals surface area contributed by atoms with E-state index in [0.717, 1.165) is 5.70 Å². The van der Waals surface area contributed by atoms with Crippen LogP contribution in [-0.4, -0.2) is 23.9 Å². The van der Waals surface area contributed by atoms with E-state index in [2.05, 4.69) is 10.2 Å². The van der Waals surface area contributed by atoms with Crippen molar-refractivity contribution >= 4 is 5.91 Å². The predicted molar refractivity (Wildman–Crippen MR) is 43.3 cm³/mol. The maximum atomic E-state index is 11.5. The molecule has 1 amide bonds. The second-order valence-electron chi connectivity index (χ2n) is 2.93. The number of hydrogen-bond donors (Lipinski definition) is 0. The van der Waals surface area contributed by atoms with Crippen molar-refractivity contribution in [3.63, 3.8) is 0 Å². The minimum atomic E-state index is -0.131. The number of carbonyl (C=O) groups excluding carboxylic acids is 1. The molecule has 2 aliphatic rings. The summed E-state index contributed by atoms with van der Waals surface area (Å²) in [7, 11) is 1.75. The summed E-state index contributed by atoms with van der Waals surface area (Å²) in [5, 5.41) is 7.62. The summed E-state index contributed by atoms with van der Waals surface area (Å²) >= 11 is 0. The first-order valence-corrected chi connectivity index (χ1v) is 3.76. The van der Waals surface area contributed by atoms with Crippen LogP contribution in [0, 0.1) is 0 Å². The first-order valence-electron chi connectivity index (χ1n) is 3.76. The second-order valence-corrected chi connectivity index (χ2v) is 2.93. The van der Waals surface area contributed by atoms with Gasteiger partial charge >= 0.3 is 0 Å². The highest BCUT2D eigenvalue weighted by atomic mass is 16.2. The minimum Gasteiger partial charge on any atom is -0.316 e. The average Bonchev–Trinajstić information content (AvgIpc) is 2.48. The molecule has 0 aromatic carbocycles. The van der Waals surface area contributed by atoms with E-state index in [9.17, 15) is 4.79 Å². The lowest BCUT2D eigenvalue weighted by Gasteiger charge is -2.24. The molecule has 1 unspecified atom stereocenters. The maximum absolute atomic E-state index is 11.5. The number of allylic oxidation sites excluding steroid dienone is 1. The first kappa shape index (κ1) is 7.21. The highest BCUT2D eigenvalue weighted by molar-refractivity contribution is 5.97. The second kappa shape index (κ2) is 2.27. The molecule has 0 aromatic heterocycles. The van der Waals surface area contributed by atoms with E-state index in [-0.39, 0.29) is 11.9 Å². The van der Waals surface area contributed by atoms with Gasteiger partial charge in [-0.25, -0.2) is 0 Å². The summed E-state index contributed by atoms with van der Waals surface area (Å²) in [4.78, 5) is 13.1. The van der Waals surface area contributed by atoms with Crippen molar-refractivity contribution < 1.29 is 4.79 Å². The SMILES string of the molecule is CC1=CC2N=NC=C2C(=O)N1C. The van der Waals surface area contributed by atoms with E-state index in [4.69, 9.17) is 0 Å². The van der Waals surface area contributed by atoms with Crippen molar-refractivity contribution in [2.45, 2.75) is 13.0 Å². The van der Waals surface area contributed by atoms with Crippen molar-refractivity contribution in [3.05, 3.63) is 23.5 Å². The summed E-state index contributed by atoms with van der Waals surface area (Å²) in [5.41, 5.74) is 1.60. The lowest BCUT2D eigenvalue weighted by Crippen LogP contribution is -2.33. The summed E-state index contributed by atoms with van der Waals surface area (Å²) in [5.74, 6) is 0.00463. The van der Waals surface area contributed by atoms with Crippen molar-refractivity contribution in [1.82, 2.24) is 4.90 Å². The highest BCUT2D eigenvalue weighted by Gasteiger charge is 2.30. The maximum Gasteiger partial charge on any atom is 0.257 e. The molecule has 0 bridgehead atoms. The molecule has 0 spiro atoms. The smallest absolute Gasteiger partial charge is 0.257 e. The third-order valence-corrected chi connectivity index (χ3v) is 2.19. The monoisotopic (exact) mass is 163 g/mol. The van der Waals surface area contributed by atoms with E-state index >= 15 is 0 Å². The Bertz CT molecular complexity index is 327. The molecule has 0 N–H and O–H groups in total. The van der Waals surface area contributed by atoms with Gasteiger partial charge in [0.2, 0.25) is 0 Å². The summed E-state index contributed by atoms with van der Waals surface area (Å²) in [6.07, 6.45) is 3.47. The number of azo groups is 1. The van der Waals surface area contributed by atoms with Crippen LogP contribution in [0.2, 0.25) is 0 Å². The summed E-state index contributed by atoms with van der Waals surface area (Å²) in [6.45, 7) is 1.89. The van der Waals surface area contributed by atoms with E-state index in [0.29, 0.717) is 5.57 Å². The molecule has 0 aromatic rings. The fourth-order valence-corrected chi connectivity index (χ4v) is 1.30. The number of rotatable bonds is 0. The molecule has 2 aliphatic heterocycles. The van der Waals surface area contributed by atoms with Gasteiger partial charge < -0.3 is 4.90 Å². The minimum absolute atomic E-state index is 0.00463. The zero-order chi connectivity index (χ0) is 8.72. The number of fused-ring (bicyclic) bond motifs is 1. The van der Waals surface area contributed by atoms with Crippen LogP contribution in [0.25, 0.3) is 0 Å². The average molecular weight is 163 g/mol. The predicted octanol–water partition coefficient (Wildman–Crippen LogP) is 1.08. The number of hydrogen-bond acceptors (Lipinski definition) is 3. The third-order valence-electron chi connectivity index (χ3n) is 2.19. The molecule has 62 valence electrons. The number of nitrogens with zero attached hydrogens (tertiary/aromatic N) is 3. The Hall–Kier alpha value is -1.45. The van der Waals surface area contributed by atoms with Crippen molar-refractivity contribution in [1.29, 1.82) is 0 Å². The topological polar surface area (TPSA) is 45.0 Å². The normalized spacial score (nSPS) is 27.0. The fraction of sp³-hybridized carbons (Fsp3) is 0.375. The van der Waals surface area contributed by atoms with Crippen LogP contribution >= 0.6 is 0 Å². The van der Waals surface area contributed by atoms with Crippen LogP contribution in [0.1, 0.15) is 6.92 Å². The molecule has 2 rings (SSSR count). The van der Waals surface area contributed by atoms with Crippen molar-refractivity contribution in [3.8, 4) is 0 Å². The number of likely N-dealkylation sites (N-methyl/N-ethyl adjacent to an activating group) is 1. The van der Waals surface area contributed by atoms with Gasteiger partial charge in [0.25, 0.3) is 5.91 Å². The van der Waals surface area contributed by atoms with Crippen molar-refractivity contribution in [2.24, 2.45) is 10.2 Å². The van der Waals surface area contributed by atoms with Gasteiger partial charge in [-0.15, -0.1) is 0 Å². The summed E-state index contributed by atoms with van der Waals surface area (Å²) < 4.78 is 0. The van der Waals surface area contributed by atoms with Gasteiger partial charge in [-0.1, -0.05) is 0 Å². The van der Waals surface area contributed by atoms with Crippen LogP contribution in [0.3, 0.4) is 0 Å². The molecule has 0 saturated carbocycles. The number of carbonyl (C=O) groups is 1. The van der Waals surface area contributed by atoms with Crippen molar-refractivity contribution in [2.75, 3.05) is 7.05 Å². The van der Waals surface area contributed by atoms with E-state index in [1.54, 1.807) is 11.9 Å². The molecule has 12 heavy (non-hydrogen) atoms. The quantitative estimate of drug-likeness (QED) is 0.527. The number of amides is 1. The van der Waals surface area contributed by atoms with Crippen LogP contribution < -0.4 is 0 Å². The molecule has 0 aliphatic carbocycles. The lowest BCUT2D eigenvalue weighted by atomic mass is 10.0. The fourth-order valence-electron chi connectivity index (χ4n) is 1.30. The van der Waals surface area contributed by atoms with Gasteiger partial charge in [-0.05, 0) is 13.0 Å². The van der Waals surface area contributed by atoms with Crippen LogP contribution in [-0.2, 0) is 4.79 Å². The van der Waals surface area contributed by atoms with Gasteiger partial charge in [-0.3, -0.25) is 4.79 Å². The van der Waals surface area contributed by atoms with E-state index in [1.165, 1.54) is 6.20 Å². The van der Waals surface area contributed by atoms with Gasteiger partial charge in [0.05, 0.1) is 11.8 Å². The first-order chi connectivity index (χ1) is 5.70. The van der Waals surface area contributed by atoms with Gasteiger partial charge in [0, 0.05) is 12.7 Å². The Morgan fingerprint density at radius 3 is 3.08 bits per heavy atom. The summed E-state index contributed by atoms with van der Waals surface area (Å²) in [6, 6.07) is -0.131. The zero-order valence-electron chi connectivity index (χ0n) is 6.98. The molecule has 0 fully saturated rings. The van der Waals surface area contributed by atoms with E-state index < -0.39 is 0 Å². The Kier molecular flexibility index (Phi) is 1.36. The Morgan fingerprint density at radius 2 is 2.33 bits per heavy atom. The van der Waals surface area contributed by atoms with Gasteiger partial charge in [0.1, 0.15) is 6.04 Å². The molecule has 0 saturated heterocycles. The highest BCUT2D eigenvalue weighted by Crippen LogP contribution is 2.25. The molecular formula is C8H9N3O. The molecule has 0 radical (unpaired) electrons. The van der Waals surface area contributed by atoms with Gasteiger partial charge in [0.15, 0.2) is 0 Å². The molecule has 4 heteroatoms. The lowest BCUT2D eigenvalue weighted by molar-refractivity contribution is -0.124. The van der Waals surface area contributed by atoms with E-state index in [1.807, 2.05) is 13.0 Å². The molecule has 2 heterocycles. The standard InChI is InChI=1S/C8H9N3O/c1-5-3-7-6(4-9-10-7)8(12)11(5)2/h3-4,7H,1-2H3. The molecule has 1 atom stereocenters. The Labute approximate surface area is 70.3 Å². The van der Waals surface area contributed by atoms with Gasteiger partial charge in [-0.2, -0.15) is 10.2 Å². The zero-order valence-corrected chi connectivity index (χ0v) is 6.98. The Morgan fingerprint density at radius 1 is 1.58 bits per heavy atom. The van der Waals surface area contributed by atoms with Crippen LogP contribution in [0.4, 0.5) is 0 Å². The van der Waals surface area contributed by atoms with Crippen LogP contribution in [0.15, 0.2) is 33.8 Å². The molecule has 4 nitrogen and oxygen atoms in total. The largest absolute Gasteiger partial charge is 0.316 e. The molecular weight excluding hydrogens is 154 g/mol.